The van der Waals surface area contributed by atoms with Gasteiger partial charge in [0.05, 0.1) is 22.8 Å². The predicted octanol–water partition coefficient (Wildman–Crippen LogP) is 11.3. The highest BCUT2D eigenvalue weighted by molar-refractivity contribution is 5.91. The summed E-state index contributed by atoms with van der Waals surface area (Å²) >= 11 is 0. The van der Waals surface area contributed by atoms with Crippen LogP contribution in [-0.2, 0) is 0 Å². The maximum atomic E-state index is 5.16. The van der Waals surface area contributed by atoms with Crippen molar-refractivity contribution in [1.29, 1.82) is 0 Å². The van der Waals surface area contributed by atoms with Crippen molar-refractivity contribution in [2.24, 2.45) is 0 Å². The SMILES string of the molecule is C=C/C(=C\CC)c1cc(C2=CCC=CC(c3cc(C4=CCCCC=C4)nc(-c4ccccc4)c3)=C2)cc(-c2ccccc2)n1. The molecule has 2 aliphatic carbocycles. The van der Waals surface area contributed by atoms with E-state index in [-0.39, 0.29) is 0 Å². The maximum Gasteiger partial charge on any atom is 0.0715 e. The first kappa shape index (κ1) is 29.0. The summed E-state index contributed by atoms with van der Waals surface area (Å²) in [6.45, 7) is 6.24. The molecule has 2 heteroatoms. The molecular formula is C42H38N2. The molecule has 2 heterocycles. The van der Waals surface area contributed by atoms with Crippen molar-refractivity contribution in [2.75, 3.05) is 0 Å². The van der Waals surface area contributed by atoms with Crippen molar-refractivity contribution >= 4 is 22.3 Å². The summed E-state index contributed by atoms with van der Waals surface area (Å²) in [7, 11) is 0. The molecule has 0 atom stereocenters. The Bertz CT molecular complexity index is 1830. The van der Waals surface area contributed by atoms with Crippen LogP contribution in [0, 0.1) is 0 Å². The van der Waals surface area contributed by atoms with E-state index in [0.29, 0.717) is 0 Å². The monoisotopic (exact) mass is 570 g/mol. The minimum absolute atomic E-state index is 0.851. The summed E-state index contributed by atoms with van der Waals surface area (Å²) in [6.07, 6.45) is 25.2. The molecule has 0 radical (unpaired) electrons. The fraction of sp³-hybridized carbons (Fsp3) is 0.143. The molecule has 2 nitrogen and oxygen atoms in total. The van der Waals surface area contributed by atoms with E-state index in [1.165, 1.54) is 23.1 Å². The van der Waals surface area contributed by atoms with E-state index >= 15 is 0 Å². The van der Waals surface area contributed by atoms with Crippen LogP contribution in [0.4, 0.5) is 0 Å². The highest BCUT2D eigenvalue weighted by Crippen LogP contribution is 2.34. The molecule has 0 bridgehead atoms. The van der Waals surface area contributed by atoms with E-state index in [0.717, 1.165) is 76.3 Å². The minimum Gasteiger partial charge on any atom is -0.248 e. The Labute approximate surface area is 262 Å². The van der Waals surface area contributed by atoms with Gasteiger partial charge >= 0.3 is 0 Å². The highest BCUT2D eigenvalue weighted by atomic mass is 14.7. The van der Waals surface area contributed by atoms with Gasteiger partial charge < -0.3 is 0 Å². The zero-order valence-corrected chi connectivity index (χ0v) is 25.4. The molecule has 44 heavy (non-hydrogen) atoms. The molecule has 0 aliphatic heterocycles. The van der Waals surface area contributed by atoms with E-state index < -0.39 is 0 Å². The lowest BCUT2D eigenvalue weighted by molar-refractivity contribution is 0.876. The van der Waals surface area contributed by atoms with Crippen LogP contribution >= 0.6 is 0 Å². The standard InChI is InChI=1S/C42H38N2/c1-3-17-31(4-2)39-27-37(28-40(43-39)33-20-11-7-12-21-33)35-24-15-16-25-36(26-35)38-29-41(32-18-9-5-6-10-19-32)44-42(30-38)34-22-13-8-14-23-34/h4,7-9,11-14,16-30H,2-3,5-6,10,15H2,1H3/b31-17+. The number of hydrogen-bond acceptors (Lipinski definition) is 2. The van der Waals surface area contributed by atoms with Gasteiger partial charge in [-0.1, -0.05) is 123 Å². The van der Waals surface area contributed by atoms with Gasteiger partial charge in [0.2, 0.25) is 0 Å². The van der Waals surface area contributed by atoms with Gasteiger partial charge in [-0.25, -0.2) is 9.97 Å². The maximum absolute atomic E-state index is 5.16. The molecule has 2 aromatic carbocycles. The second-order valence-corrected chi connectivity index (χ2v) is 11.1. The first-order valence-electron chi connectivity index (χ1n) is 15.7. The number of nitrogens with zero attached hydrogens (tertiary/aromatic N) is 2. The van der Waals surface area contributed by atoms with Crippen molar-refractivity contribution in [2.45, 2.75) is 39.0 Å². The molecule has 216 valence electrons. The smallest absolute Gasteiger partial charge is 0.0715 e. The van der Waals surface area contributed by atoms with Crippen LogP contribution in [0.5, 0.6) is 0 Å². The molecule has 0 amide bonds. The molecule has 0 saturated heterocycles. The van der Waals surface area contributed by atoms with Gasteiger partial charge in [-0.05, 0) is 95.9 Å². The molecule has 0 N–H and O–H groups in total. The van der Waals surface area contributed by atoms with Crippen LogP contribution in [0.2, 0.25) is 0 Å². The first-order valence-corrected chi connectivity index (χ1v) is 15.7. The van der Waals surface area contributed by atoms with Gasteiger partial charge in [-0.15, -0.1) is 0 Å². The van der Waals surface area contributed by atoms with Crippen molar-refractivity contribution in [3.63, 3.8) is 0 Å². The van der Waals surface area contributed by atoms with Crippen LogP contribution in [-0.4, -0.2) is 9.97 Å². The Morgan fingerprint density at radius 1 is 0.682 bits per heavy atom. The van der Waals surface area contributed by atoms with E-state index in [4.69, 9.17) is 9.97 Å². The lowest BCUT2D eigenvalue weighted by Crippen LogP contribution is -1.96. The average molecular weight is 571 g/mol. The van der Waals surface area contributed by atoms with Gasteiger partial charge in [0.25, 0.3) is 0 Å². The molecular weight excluding hydrogens is 532 g/mol. The van der Waals surface area contributed by atoms with Gasteiger partial charge in [0, 0.05) is 11.1 Å². The van der Waals surface area contributed by atoms with Crippen LogP contribution in [0.15, 0.2) is 146 Å². The van der Waals surface area contributed by atoms with Crippen LogP contribution < -0.4 is 0 Å². The third-order valence-corrected chi connectivity index (χ3v) is 8.01. The number of pyridine rings is 2. The Balaban J connectivity index is 1.49. The van der Waals surface area contributed by atoms with Crippen LogP contribution in [0.3, 0.4) is 0 Å². The third-order valence-electron chi connectivity index (χ3n) is 8.01. The van der Waals surface area contributed by atoms with E-state index in [9.17, 15) is 0 Å². The average Bonchev–Trinajstić information content (AvgIpc) is 3.52. The zero-order chi connectivity index (χ0) is 30.1. The molecule has 0 unspecified atom stereocenters. The highest BCUT2D eigenvalue weighted by Gasteiger charge is 2.14. The summed E-state index contributed by atoms with van der Waals surface area (Å²) in [4.78, 5) is 10.2. The largest absolute Gasteiger partial charge is 0.248 e. The molecule has 0 saturated carbocycles. The molecule has 4 aromatic rings. The number of allylic oxidation sites excluding steroid dienone is 13. The van der Waals surface area contributed by atoms with Crippen molar-refractivity contribution < 1.29 is 0 Å². The molecule has 2 aromatic heterocycles. The number of benzene rings is 2. The summed E-state index contributed by atoms with van der Waals surface area (Å²) in [5.74, 6) is 0. The van der Waals surface area contributed by atoms with Gasteiger partial charge in [0.15, 0.2) is 0 Å². The van der Waals surface area contributed by atoms with Crippen molar-refractivity contribution in [1.82, 2.24) is 9.97 Å². The second kappa shape index (κ2) is 13.9. The summed E-state index contributed by atoms with van der Waals surface area (Å²) in [5.41, 5.74) is 13.0. The van der Waals surface area contributed by atoms with E-state index in [1.807, 2.05) is 12.1 Å². The lowest BCUT2D eigenvalue weighted by Gasteiger charge is -2.13. The van der Waals surface area contributed by atoms with Crippen molar-refractivity contribution in [3.05, 3.63) is 169 Å². The third kappa shape index (κ3) is 6.76. The van der Waals surface area contributed by atoms with Gasteiger partial charge in [-0.3, -0.25) is 0 Å². The van der Waals surface area contributed by atoms with E-state index in [1.54, 1.807) is 0 Å². The summed E-state index contributed by atoms with van der Waals surface area (Å²) in [6, 6.07) is 29.8. The normalized spacial score (nSPS) is 15.1. The Hall–Kier alpha value is -5.08. The summed E-state index contributed by atoms with van der Waals surface area (Å²) in [5, 5.41) is 0. The van der Waals surface area contributed by atoms with Gasteiger partial charge in [-0.2, -0.15) is 0 Å². The first-order chi connectivity index (χ1) is 21.7. The molecule has 0 spiro atoms. The number of rotatable bonds is 8. The van der Waals surface area contributed by atoms with Gasteiger partial charge in [0.1, 0.15) is 0 Å². The quantitative estimate of drug-likeness (QED) is 0.197. The van der Waals surface area contributed by atoms with Crippen molar-refractivity contribution in [3.8, 4) is 22.5 Å². The topological polar surface area (TPSA) is 25.8 Å². The lowest BCUT2D eigenvalue weighted by atomic mass is 9.95. The number of hydrogen-bond donors (Lipinski definition) is 0. The fourth-order valence-electron chi connectivity index (χ4n) is 5.72. The van der Waals surface area contributed by atoms with Crippen LogP contribution in [0.25, 0.3) is 44.8 Å². The number of aromatic nitrogens is 2. The Morgan fingerprint density at radius 2 is 1.34 bits per heavy atom. The molecule has 2 aliphatic rings. The van der Waals surface area contributed by atoms with Crippen LogP contribution in [0.1, 0.15) is 61.5 Å². The second-order valence-electron chi connectivity index (χ2n) is 11.1. The Morgan fingerprint density at radius 3 is 2.05 bits per heavy atom. The molecule has 0 fully saturated rings. The zero-order valence-electron chi connectivity index (χ0n) is 25.4. The summed E-state index contributed by atoms with van der Waals surface area (Å²) < 4.78 is 0. The molecule has 6 rings (SSSR count). The predicted molar refractivity (Wildman–Crippen MR) is 188 cm³/mol. The Kier molecular flexibility index (Phi) is 9.18. The minimum atomic E-state index is 0.851. The fourth-order valence-corrected chi connectivity index (χ4v) is 5.72. The van der Waals surface area contributed by atoms with E-state index in [2.05, 4.69) is 141 Å².